The van der Waals surface area contributed by atoms with Crippen molar-refractivity contribution in [3.8, 4) is 0 Å². The molecule has 0 aromatic heterocycles. The highest BCUT2D eigenvalue weighted by Crippen LogP contribution is 2.19. The van der Waals surface area contributed by atoms with Crippen LogP contribution in [0.15, 0.2) is 54.6 Å². The molecule has 0 saturated carbocycles. The van der Waals surface area contributed by atoms with E-state index in [2.05, 4.69) is 15.1 Å². The smallest absolute Gasteiger partial charge is 0.330 e. The van der Waals surface area contributed by atoms with E-state index < -0.39 is 0 Å². The van der Waals surface area contributed by atoms with Gasteiger partial charge in [-0.25, -0.2) is 14.1 Å². The predicted octanol–water partition coefficient (Wildman–Crippen LogP) is 2.82. The van der Waals surface area contributed by atoms with Crippen molar-refractivity contribution in [2.24, 2.45) is 0 Å². The standard InChI is InChI=1S/C21H24FN5O2/c22-16-6-8-18(9-7-16)26-12-10-25(11-13-26)14-19-15-27(20(23)29-19)21(28)24-17-4-2-1-3-5-17/h1-9,19,23H,10-15H2,(H,24,28). The Labute approximate surface area is 169 Å². The molecule has 1 unspecified atom stereocenters. The van der Waals surface area contributed by atoms with Gasteiger partial charge in [-0.2, -0.15) is 0 Å². The Bertz CT molecular complexity index is 853. The summed E-state index contributed by atoms with van der Waals surface area (Å²) in [4.78, 5) is 18.3. The summed E-state index contributed by atoms with van der Waals surface area (Å²) in [6, 6.07) is 15.3. The maximum Gasteiger partial charge on any atom is 0.330 e. The topological polar surface area (TPSA) is 71.9 Å². The predicted molar refractivity (Wildman–Crippen MR) is 110 cm³/mol. The number of anilines is 2. The molecular weight excluding hydrogens is 373 g/mol. The number of amidine groups is 1. The summed E-state index contributed by atoms with van der Waals surface area (Å²) in [7, 11) is 0. The molecule has 2 fully saturated rings. The average Bonchev–Trinajstić information content (AvgIpc) is 3.10. The van der Waals surface area contributed by atoms with Crippen LogP contribution in [0, 0.1) is 11.2 Å². The average molecular weight is 397 g/mol. The second kappa shape index (κ2) is 8.48. The number of hydrogen-bond donors (Lipinski definition) is 2. The van der Waals surface area contributed by atoms with Crippen molar-refractivity contribution in [1.29, 1.82) is 5.41 Å². The van der Waals surface area contributed by atoms with Crippen molar-refractivity contribution in [3.05, 3.63) is 60.4 Å². The van der Waals surface area contributed by atoms with Crippen molar-refractivity contribution in [2.75, 3.05) is 49.5 Å². The van der Waals surface area contributed by atoms with Crippen LogP contribution in [0.5, 0.6) is 0 Å². The molecule has 0 aliphatic carbocycles. The molecule has 2 aromatic carbocycles. The van der Waals surface area contributed by atoms with E-state index in [1.165, 1.54) is 17.0 Å². The molecule has 4 rings (SSSR count). The van der Waals surface area contributed by atoms with E-state index in [1.807, 2.05) is 18.2 Å². The van der Waals surface area contributed by atoms with Crippen LogP contribution in [0.25, 0.3) is 0 Å². The fourth-order valence-corrected chi connectivity index (χ4v) is 3.66. The quantitative estimate of drug-likeness (QED) is 0.832. The van der Waals surface area contributed by atoms with Crippen LogP contribution in [-0.2, 0) is 4.74 Å². The summed E-state index contributed by atoms with van der Waals surface area (Å²) in [5, 5.41) is 10.8. The Morgan fingerprint density at radius 2 is 1.76 bits per heavy atom. The van der Waals surface area contributed by atoms with E-state index >= 15 is 0 Å². The number of nitrogens with one attached hydrogen (secondary N) is 2. The molecule has 2 heterocycles. The normalized spacial score (nSPS) is 19.9. The van der Waals surface area contributed by atoms with E-state index in [0.717, 1.165) is 31.9 Å². The number of ether oxygens (including phenoxy) is 1. The number of carbonyl (C=O) groups excluding carboxylic acids is 1. The summed E-state index contributed by atoms with van der Waals surface area (Å²) in [5.41, 5.74) is 1.71. The Kier molecular flexibility index (Phi) is 5.62. The lowest BCUT2D eigenvalue weighted by atomic mass is 10.2. The molecule has 2 aliphatic rings. The molecular formula is C21H24FN5O2. The number of urea groups is 1. The second-order valence-corrected chi connectivity index (χ2v) is 7.22. The zero-order valence-electron chi connectivity index (χ0n) is 16.1. The lowest BCUT2D eigenvalue weighted by Crippen LogP contribution is -2.49. The van der Waals surface area contributed by atoms with Crippen LogP contribution in [-0.4, -0.2) is 67.2 Å². The molecule has 0 bridgehead atoms. The lowest BCUT2D eigenvalue weighted by Gasteiger charge is -2.36. The van der Waals surface area contributed by atoms with Gasteiger partial charge in [0.1, 0.15) is 11.9 Å². The third-order valence-corrected chi connectivity index (χ3v) is 5.21. The van der Waals surface area contributed by atoms with Gasteiger partial charge in [0.2, 0.25) is 0 Å². The highest BCUT2D eigenvalue weighted by molar-refractivity contribution is 6.00. The molecule has 0 radical (unpaired) electrons. The van der Waals surface area contributed by atoms with Crippen LogP contribution in [0.1, 0.15) is 0 Å². The van der Waals surface area contributed by atoms with Crippen molar-refractivity contribution in [3.63, 3.8) is 0 Å². The number of hydrogen-bond acceptors (Lipinski definition) is 5. The molecule has 2 saturated heterocycles. The number of amides is 2. The Morgan fingerprint density at radius 3 is 2.45 bits per heavy atom. The van der Waals surface area contributed by atoms with Gasteiger partial charge >= 0.3 is 6.03 Å². The lowest BCUT2D eigenvalue weighted by molar-refractivity contribution is 0.142. The summed E-state index contributed by atoms with van der Waals surface area (Å²) < 4.78 is 18.7. The monoisotopic (exact) mass is 397 g/mol. The number of carbonyl (C=O) groups is 1. The van der Waals surface area contributed by atoms with E-state index in [9.17, 15) is 9.18 Å². The van der Waals surface area contributed by atoms with Crippen LogP contribution in [0.3, 0.4) is 0 Å². The largest absolute Gasteiger partial charge is 0.458 e. The van der Waals surface area contributed by atoms with Crippen LogP contribution < -0.4 is 10.2 Å². The molecule has 2 aliphatic heterocycles. The highest BCUT2D eigenvalue weighted by Gasteiger charge is 2.34. The highest BCUT2D eigenvalue weighted by atomic mass is 19.1. The van der Waals surface area contributed by atoms with Crippen molar-refractivity contribution < 1.29 is 13.9 Å². The molecule has 7 nitrogen and oxygen atoms in total. The molecule has 1 atom stereocenters. The first-order valence-electron chi connectivity index (χ1n) is 9.70. The first-order valence-corrected chi connectivity index (χ1v) is 9.70. The van der Waals surface area contributed by atoms with E-state index in [-0.39, 0.29) is 24.0 Å². The zero-order valence-corrected chi connectivity index (χ0v) is 16.1. The van der Waals surface area contributed by atoms with E-state index in [1.54, 1.807) is 24.3 Å². The number of benzene rings is 2. The summed E-state index contributed by atoms with van der Waals surface area (Å²) in [6.07, 6.45) is -0.221. The van der Waals surface area contributed by atoms with Crippen LogP contribution >= 0.6 is 0 Å². The van der Waals surface area contributed by atoms with Gasteiger partial charge in [0, 0.05) is 44.1 Å². The maximum absolute atomic E-state index is 13.1. The zero-order chi connectivity index (χ0) is 20.2. The summed E-state index contributed by atoms with van der Waals surface area (Å²) in [6.45, 7) is 4.40. The molecule has 0 spiro atoms. The third kappa shape index (κ3) is 4.65. The van der Waals surface area contributed by atoms with Gasteiger partial charge in [-0.15, -0.1) is 0 Å². The maximum atomic E-state index is 13.1. The van der Waals surface area contributed by atoms with Crippen LogP contribution in [0.4, 0.5) is 20.6 Å². The van der Waals surface area contributed by atoms with Gasteiger partial charge in [0.25, 0.3) is 6.02 Å². The minimum absolute atomic E-state index is 0.117. The summed E-state index contributed by atoms with van der Waals surface area (Å²) in [5.74, 6) is -0.228. The van der Waals surface area contributed by atoms with Crippen molar-refractivity contribution in [1.82, 2.24) is 9.80 Å². The first-order chi connectivity index (χ1) is 14.1. The number of rotatable bonds is 4. The number of nitrogens with zero attached hydrogens (tertiary/aromatic N) is 3. The molecule has 2 aromatic rings. The minimum atomic E-state index is -0.357. The van der Waals surface area contributed by atoms with E-state index in [4.69, 9.17) is 10.1 Å². The number of halogens is 1. The van der Waals surface area contributed by atoms with Gasteiger partial charge in [0.05, 0.1) is 6.54 Å². The molecule has 8 heteroatoms. The van der Waals surface area contributed by atoms with Gasteiger partial charge in [-0.1, -0.05) is 18.2 Å². The molecule has 152 valence electrons. The number of piperazine rings is 1. The van der Waals surface area contributed by atoms with Gasteiger partial charge in [0.15, 0.2) is 0 Å². The first kappa shape index (κ1) is 19.2. The van der Waals surface area contributed by atoms with Crippen molar-refractivity contribution >= 4 is 23.4 Å². The van der Waals surface area contributed by atoms with Gasteiger partial charge < -0.3 is 15.0 Å². The summed E-state index contributed by atoms with van der Waals surface area (Å²) >= 11 is 0. The third-order valence-electron chi connectivity index (χ3n) is 5.21. The van der Waals surface area contributed by atoms with Crippen molar-refractivity contribution in [2.45, 2.75) is 6.10 Å². The Balaban J connectivity index is 1.26. The second-order valence-electron chi connectivity index (χ2n) is 7.22. The fourth-order valence-electron chi connectivity index (χ4n) is 3.66. The molecule has 2 amide bonds. The molecule has 2 N–H and O–H groups in total. The van der Waals surface area contributed by atoms with Gasteiger partial charge in [-0.05, 0) is 36.4 Å². The number of para-hydroxylation sites is 1. The fraction of sp³-hybridized carbons (Fsp3) is 0.333. The Morgan fingerprint density at radius 1 is 1.07 bits per heavy atom. The molecule has 29 heavy (non-hydrogen) atoms. The minimum Gasteiger partial charge on any atom is -0.458 e. The Hall–Kier alpha value is -3.13. The van der Waals surface area contributed by atoms with Gasteiger partial charge in [-0.3, -0.25) is 10.3 Å². The van der Waals surface area contributed by atoms with Crippen LogP contribution in [0.2, 0.25) is 0 Å². The van der Waals surface area contributed by atoms with E-state index in [0.29, 0.717) is 18.8 Å². The SMILES string of the molecule is N=C1OC(CN2CCN(c3ccc(F)cc3)CC2)CN1C(=O)Nc1ccccc1.